The summed E-state index contributed by atoms with van der Waals surface area (Å²) in [6.07, 6.45) is 8.22. The Balaban J connectivity index is 1.66. The number of rotatable bonds is 13. The normalized spacial score (nSPS) is 13.5. The lowest BCUT2D eigenvalue weighted by atomic mass is 10.1. The Hall–Kier alpha value is -4.90. The summed E-state index contributed by atoms with van der Waals surface area (Å²) in [6.45, 7) is 5.72. The van der Waals surface area contributed by atoms with Crippen LogP contribution >= 0.6 is 0 Å². The minimum Gasteiger partial charge on any atom is -0.480 e. The molecule has 14 heteroatoms. The van der Waals surface area contributed by atoms with Crippen LogP contribution in [0.15, 0.2) is 59.6 Å². The van der Waals surface area contributed by atoms with Crippen LogP contribution in [0.4, 0.5) is 26.6 Å². The molecule has 0 spiro atoms. The van der Waals surface area contributed by atoms with E-state index in [0.29, 0.717) is 37.5 Å². The molecule has 1 aliphatic heterocycles. The fourth-order valence-corrected chi connectivity index (χ4v) is 6.16. The van der Waals surface area contributed by atoms with Gasteiger partial charge in [-0.25, -0.2) is 31.7 Å². The first-order valence-electron chi connectivity index (χ1n) is 14.5. The van der Waals surface area contributed by atoms with E-state index in [1.165, 1.54) is 6.20 Å². The zero-order chi connectivity index (χ0) is 32.6. The highest BCUT2D eigenvalue weighted by atomic mass is 32.2. The summed E-state index contributed by atoms with van der Waals surface area (Å²) < 4.78 is 47.2. The average Bonchev–Trinajstić information content (AvgIpc) is 3.57. The largest absolute Gasteiger partial charge is 0.480 e. The van der Waals surface area contributed by atoms with Gasteiger partial charge in [0.15, 0.2) is 5.82 Å². The second kappa shape index (κ2) is 14.7. The number of nitrogens with one attached hydrogen (secondary N) is 1. The lowest BCUT2D eigenvalue weighted by Crippen LogP contribution is -2.36. The number of carboxylic acids is 1. The Labute approximate surface area is 261 Å². The second-order valence-corrected chi connectivity index (χ2v) is 12.1. The van der Waals surface area contributed by atoms with Crippen LogP contribution < -0.4 is 19.3 Å². The molecule has 0 bridgehead atoms. The SMILES string of the molecule is C#CCN(c1cnc(N(CC)CC)nc1NC(Cc1ccc(OC(=O)N2CCCC2)cc1)C(=O)O)S(=O)(=O)c1ccc(F)cc1. The fourth-order valence-electron chi connectivity index (χ4n) is 4.79. The Kier molecular flexibility index (Phi) is 10.8. The number of nitrogens with zero attached hydrogens (tertiary/aromatic N) is 5. The van der Waals surface area contributed by atoms with Crippen LogP contribution in [0.1, 0.15) is 32.3 Å². The molecule has 238 valence electrons. The quantitative estimate of drug-likeness (QED) is 0.264. The highest BCUT2D eigenvalue weighted by Gasteiger charge is 2.30. The number of sulfonamides is 1. The Morgan fingerprint density at radius 1 is 1.11 bits per heavy atom. The van der Waals surface area contributed by atoms with Crippen LogP contribution in [-0.4, -0.2) is 79.2 Å². The molecule has 1 saturated heterocycles. The lowest BCUT2D eigenvalue weighted by Gasteiger charge is -2.27. The van der Waals surface area contributed by atoms with Gasteiger partial charge in [0.1, 0.15) is 23.3 Å². The van der Waals surface area contributed by atoms with Crippen molar-refractivity contribution in [3.63, 3.8) is 0 Å². The number of carbonyl (C=O) groups is 2. The molecule has 0 radical (unpaired) electrons. The maximum atomic E-state index is 13.7. The summed E-state index contributed by atoms with van der Waals surface area (Å²) in [4.78, 5) is 36.9. The molecular weight excluding hydrogens is 603 g/mol. The number of ether oxygens (including phenoxy) is 1. The smallest absolute Gasteiger partial charge is 0.415 e. The van der Waals surface area contributed by atoms with Crippen molar-refractivity contribution >= 4 is 39.5 Å². The van der Waals surface area contributed by atoms with E-state index >= 15 is 0 Å². The summed E-state index contributed by atoms with van der Waals surface area (Å²) >= 11 is 0. The second-order valence-electron chi connectivity index (χ2n) is 10.2. The molecule has 1 aliphatic rings. The number of anilines is 3. The standard InChI is InChI=1S/C31H35FN6O6S/c1-4-17-38(45(42,43)25-15-11-23(32)12-16-25)27-21-33-30(36(5-2)6-3)35-28(27)34-26(29(39)40)20-22-9-13-24(14-10-22)44-31(41)37-18-7-8-19-37/h1,9-16,21,26H,5-8,17-20H2,2-3H3,(H,39,40)(H,33,34,35). The van der Waals surface area contributed by atoms with Gasteiger partial charge < -0.3 is 25.0 Å². The van der Waals surface area contributed by atoms with Crippen LogP contribution in [0, 0.1) is 18.2 Å². The van der Waals surface area contributed by atoms with E-state index in [0.717, 1.165) is 41.4 Å². The number of hydrogen-bond acceptors (Lipinski definition) is 9. The summed E-state index contributed by atoms with van der Waals surface area (Å²) in [6, 6.07) is 9.45. The number of carboxylic acid groups (broad SMARTS) is 1. The fraction of sp³-hybridized carbons (Fsp3) is 0.355. The van der Waals surface area contributed by atoms with Gasteiger partial charge in [0.25, 0.3) is 10.0 Å². The van der Waals surface area contributed by atoms with Crippen LogP contribution in [-0.2, 0) is 21.2 Å². The number of carbonyl (C=O) groups excluding carboxylic acids is 1. The molecule has 1 amide bonds. The van der Waals surface area contributed by atoms with Gasteiger partial charge in [-0.3, -0.25) is 0 Å². The summed E-state index contributed by atoms with van der Waals surface area (Å²) in [5, 5.41) is 13.1. The van der Waals surface area contributed by atoms with E-state index in [2.05, 4.69) is 21.2 Å². The van der Waals surface area contributed by atoms with Crippen molar-refractivity contribution in [1.29, 1.82) is 0 Å². The van der Waals surface area contributed by atoms with Crippen molar-refractivity contribution in [2.45, 2.75) is 44.0 Å². The van der Waals surface area contributed by atoms with Gasteiger partial charge in [-0.05, 0) is 68.7 Å². The minimum atomic E-state index is -4.34. The lowest BCUT2D eigenvalue weighted by molar-refractivity contribution is -0.137. The number of likely N-dealkylation sites (tertiary alicyclic amines) is 1. The third-order valence-electron chi connectivity index (χ3n) is 7.25. The van der Waals surface area contributed by atoms with E-state index in [4.69, 9.17) is 11.2 Å². The van der Waals surface area contributed by atoms with Crippen molar-refractivity contribution in [2.75, 3.05) is 47.2 Å². The monoisotopic (exact) mass is 638 g/mol. The summed E-state index contributed by atoms with van der Waals surface area (Å²) in [5.74, 6) is 0.980. The third-order valence-corrected chi connectivity index (χ3v) is 9.02. The van der Waals surface area contributed by atoms with Crippen LogP contribution in [0.2, 0.25) is 0 Å². The molecule has 2 heterocycles. The van der Waals surface area contributed by atoms with Crippen molar-refractivity contribution in [3.05, 3.63) is 66.1 Å². The van der Waals surface area contributed by atoms with Crippen LogP contribution in [0.3, 0.4) is 0 Å². The Morgan fingerprint density at radius 3 is 2.33 bits per heavy atom. The highest BCUT2D eigenvalue weighted by Crippen LogP contribution is 2.31. The van der Waals surface area contributed by atoms with Crippen molar-refractivity contribution in [3.8, 4) is 18.1 Å². The van der Waals surface area contributed by atoms with E-state index in [-0.39, 0.29) is 28.8 Å². The molecule has 45 heavy (non-hydrogen) atoms. The molecule has 1 aromatic heterocycles. The zero-order valence-electron chi connectivity index (χ0n) is 25.0. The minimum absolute atomic E-state index is 0.0282. The van der Waals surface area contributed by atoms with Crippen molar-refractivity contribution in [2.24, 2.45) is 0 Å². The topological polar surface area (TPSA) is 145 Å². The van der Waals surface area contributed by atoms with Gasteiger partial charge in [-0.1, -0.05) is 18.1 Å². The molecule has 4 rings (SSSR count). The van der Waals surface area contributed by atoms with Crippen molar-refractivity contribution in [1.82, 2.24) is 14.9 Å². The number of halogens is 1. The van der Waals surface area contributed by atoms with Gasteiger partial charge in [0.2, 0.25) is 5.95 Å². The molecule has 1 fully saturated rings. The van der Waals surface area contributed by atoms with E-state index in [1.807, 2.05) is 18.7 Å². The number of amides is 1. The predicted octanol–water partition coefficient (Wildman–Crippen LogP) is 3.99. The van der Waals surface area contributed by atoms with E-state index in [9.17, 15) is 27.5 Å². The maximum Gasteiger partial charge on any atom is 0.415 e. The number of aliphatic carboxylic acids is 1. The molecule has 1 unspecified atom stereocenters. The third kappa shape index (κ3) is 7.98. The molecule has 1 atom stereocenters. The van der Waals surface area contributed by atoms with Gasteiger partial charge in [-0.15, -0.1) is 6.42 Å². The molecule has 0 aliphatic carbocycles. The first-order chi connectivity index (χ1) is 21.6. The van der Waals surface area contributed by atoms with Gasteiger partial charge in [-0.2, -0.15) is 4.98 Å². The number of hydrogen-bond donors (Lipinski definition) is 2. The number of aromatic nitrogens is 2. The van der Waals surface area contributed by atoms with Gasteiger partial charge in [0.05, 0.1) is 17.6 Å². The van der Waals surface area contributed by atoms with Crippen molar-refractivity contribution < 1.29 is 32.2 Å². The van der Waals surface area contributed by atoms with E-state index < -0.39 is 40.5 Å². The number of terminal acetylenes is 1. The Bertz CT molecular complexity index is 1640. The maximum absolute atomic E-state index is 13.7. The molecular formula is C31H35FN6O6S. The van der Waals surface area contributed by atoms with Crippen LogP contribution in [0.5, 0.6) is 5.75 Å². The first-order valence-corrected chi connectivity index (χ1v) is 15.9. The summed E-state index contributed by atoms with van der Waals surface area (Å²) in [7, 11) is -4.34. The molecule has 2 N–H and O–H groups in total. The molecule has 2 aromatic carbocycles. The molecule has 3 aromatic rings. The Morgan fingerprint density at radius 2 is 1.76 bits per heavy atom. The zero-order valence-corrected chi connectivity index (χ0v) is 25.8. The number of benzene rings is 2. The predicted molar refractivity (Wildman–Crippen MR) is 167 cm³/mol. The molecule has 0 saturated carbocycles. The summed E-state index contributed by atoms with van der Waals surface area (Å²) in [5.41, 5.74) is 0.526. The first kappa shape index (κ1) is 33.0. The average molecular weight is 639 g/mol. The molecule has 12 nitrogen and oxygen atoms in total. The van der Waals surface area contributed by atoms with Crippen LogP contribution in [0.25, 0.3) is 0 Å². The van der Waals surface area contributed by atoms with E-state index in [1.54, 1.807) is 29.2 Å². The van der Waals surface area contributed by atoms with Gasteiger partial charge >= 0.3 is 12.1 Å². The van der Waals surface area contributed by atoms with Gasteiger partial charge in [0, 0.05) is 32.6 Å². The highest BCUT2D eigenvalue weighted by molar-refractivity contribution is 7.92.